The molecule has 0 unspecified atom stereocenters. The zero-order valence-electron chi connectivity index (χ0n) is 13.7. The van der Waals surface area contributed by atoms with E-state index < -0.39 is 0 Å². The van der Waals surface area contributed by atoms with Gasteiger partial charge >= 0.3 is 5.97 Å². The van der Waals surface area contributed by atoms with Gasteiger partial charge in [0.2, 0.25) is 5.91 Å². The Bertz CT molecular complexity index is 709. The van der Waals surface area contributed by atoms with Gasteiger partial charge in [-0.1, -0.05) is 11.6 Å². The summed E-state index contributed by atoms with van der Waals surface area (Å²) in [5.74, 6) is 1.36. The van der Waals surface area contributed by atoms with Crippen LogP contribution < -0.4 is 9.47 Å². The van der Waals surface area contributed by atoms with Gasteiger partial charge in [-0.2, -0.15) is 0 Å². The first-order valence-corrected chi connectivity index (χ1v) is 9.26. The molecule has 1 aromatic carbocycles. The number of methoxy groups -OCH3 is 1. The summed E-state index contributed by atoms with van der Waals surface area (Å²) in [7, 11) is 1.36. The minimum absolute atomic E-state index is 0.153. The number of thioether (sulfide) groups is 1. The van der Waals surface area contributed by atoms with Crippen LogP contribution in [0.15, 0.2) is 18.2 Å². The van der Waals surface area contributed by atoms with Crippen molar-refractivity contribution in [3.05, 3.63) is 28.8 Å². The van der Waals surface area contributed by atoms with Gasteiger partial charge in [0.1, 0.15) is 18.5 Å². The molecular formula is C17H18ClNO5S. The maximum atomic E-state index is 12.4. The number of nitrogens with zero attached hydrogens (tertiary/aromatic N) is 1. The topological polar surface area (TPSA) is 65.1 Å². The van der Waals surface area contributed by atoms with E-state index >= 15 is 0 Å². The maximum Gasteiger partial charge on any atom is 0.320 e. The number of hydrogen-bond donors (Lipinski definition) is 0. The Morgan fingerprint density at radius 1 is 1.36 bits per heavy atom. The van der Waals surface area contributed by atoms with Crippen LogP contribution in [0.4, 0.5) is 0 Å². The Labute approximate surface area is 155 Å². The van der Waals surface area contributed by atoms with E-state index in [0.717, 1.165) is 5.56 Å². The number of amides is 1. The van der Waals surface area contributed by atoms with Crippen LogP contribution in [-0.4, -0.2) is 61.2 Å². The Kier molecular flexibility index (Phi) is 5.75. The molecule has 0 aromatic heterocycles. The molecule has 0 bridgehead atoms. The summed E-state index contributed by atoms with van der Waals surface area (Å²) in [6, 6.07) is 3.51. The predicted octanol–water partition coefficient (Wildman–Crippen LogP) is 2.24. The van der Waals surface area contributed by atoms with Crippen LogP contribution in [0.25, 0.3) is 6.08 Å². The number of benzene rings is 1. The summed E-state index contributed by atoms with van der Waals surface area (Å²) in [4.78, 5) is 25.7. The quantitative estimate of drug-likeness (QED) is 0.589. The van der Waals surface area contributed by atoms with E-state index in [0.29, 0.717) is 48.6 Å². The number of carbonyl (C=O) groups is 2. The minimum Gasteiger partial charge on any atom is -0.486 e. The molecule has 1 fully saturated rings. The third-order valence-electron chi connectivity index (χ3n) is 3.88. The zero-order valence-corrected chi connectivity index (χ0v) is 15.3. The Balaban J connectivity index is 1.68. The first-order valence-electron chi connectivity index (χ1n) is 7.84. The average Bonchev–Trinajstić information content (AvgIpc) is 2.65. The number of rotatable bonds is 3. The summed E-state index contributed by atoms with van der Waals surface area (Å²) < 4.78 is 15.8. The Morgan fingerprint density at radius 3 is 2.96 bits per heavy atom. The van der Waals surface area contributed by atoms with E-state index in [9.17, 15) is 9.59 Å². The second kappa shape index (κ2) is 8.01. The van der Waals surface area contributed by atoms with Gasteiger partial charge in [-0.05, 0) is 23.8 Å². The Morgan fingerprint density at radius 2 is 2.16 bits per heavy atom. The summed E-state index contributed by atoms with van der Waals surface area (Å²) >= 11 is 7.70. The van der Waals surface area contributed by atoms with E-state index in [4.69, 9.17) is 25.8 Å². The summed E-state index contributed by atoms with van der Waals surface area (Å²) in [5.41, 5.74) is 0.749. The molecule has 1 atom stereocenters. The van der Waals surface area contributed by atoms with Crippen LogP contribution in [0.3, 0.4) is 0 Å². The fraction of sp³-hybridized carbons (Fsp3) is 0.412. The number of esters is 1. The fourth-order valence-electron chi connectivity index (χ4n) is 2.62. The van der Waals surface area contributed by atoms with Gasteiger partial charge in [0.15, 0.2) is 11.5 Å². The van der Waals surface area contributed by atoms with Crippen molar-refractivity contribution in [3.8, 4) is 11.5 Å². The summed E-state index contributed by atoms with van der Waals surface area (Å²) in [5, 5.41) is 0.115. The molecule has 3 rings (SSSR count). The van der Waals surface area contributed by atoms with Crippen LogP contribution >= 0.6 is 23.4 Å². The second-order valence-electron chi connectivity index (χ2n) is 5.53. The first-order chi connectivity index (χ1) is 12.1. The summed E-state index contributed by atoms with van der Waals surface area (Å²) in [6.45, 7) is 1.89. The van der Waals surface area contributed by atoms with Crippen molar-refractivity contribution in [2.45, 2.75) is 5.25 Å². The normalized spacial score (nSPS) is 19.8. The molecule has 0 spiro atoms. The van der Waals surface area contributed by atoms with Crippen LogP contribution in [-0.2, 0) is 14.3 Å². The molecular weight excluding hydrogens is 366 g/mol. The van der Waals surface area contributed by atoms with Crippen LogP contribution in [0.1, 0.15) is 5.56 Å². The molecule has 134 valence electrons. The van der Waals surface area contributed by atoms with Crippen molar-refractivity contribution in [2.75, 3.05) is 39.2 Å². The molecule has 0 N–H and O–H groups in total. The van der Waals surface area contributed by atoms with Gasteiger partial charge in [-0.25, -0.2) is 0 Å². The van der Waals surface area contributed by atoms with Gasteiger partial charge < -0.3 is 19.1 Å². The molecule has 2 heterocycles. The second-order valence-corrected chi connectivity index (χ2v) is 7.24. The predicted molar refractivity (Wildman–Crippen MR) is 96.3 cm³/mol. The molecule has 1 amide bonds. The molecule has 0 saturated carbocycles. The minimum atomic E-state index is -0.333. The SMILES string of the molecule is COC(=O)[C@@H]1CN(C(=O)/C=C/c2cc(Cl)c3c(c2)OCCO3)CCS1. The average molecular weight is 384 g/mol. The van der Waals surface area contributed by atoms with Crippen molar-refractivity contribution < 1.29 is 23.8 Å². The molecule has 2 aliphatic rings. The van der Waals surface area contributed by atoms with Crippen molar-refractivity contribution >= 4 is 41.3 Å². The number of halogens is 1. The first kappa shape index (κ1) is 17.9. The lowest BCUT2D eigenvalue weighted by Crippen LogP contribution is -2.44. The van der Waals surface area contributed by atoms with Crippen molar-refractivity contribution in [2.24, 2.45) is 0 Å². The third kappa shape index (κ3) is 4.22. The largest absolute Gasteiger partial charge is 0.486 e. The van der Waals surface area contributed by atoms with E-state index in [-0.39, 0.29) is 17.1 Å². The number of fused-ring (bicyclic) bond motifs is 1. The van der Waals surface area contributed by atoms with Gasteiger partial charge in [-0.15, -0.1) is 11.8 Å². The lowest BCUT2D eigenvalue weighted by atomic mass is 10.1. The van der Waals surface area contributed by atoms with Crippen LogP contribution in [0.2, 0.25) is 5.02 Å². The molecule has 1 aromatic rings. The van der Waals surface area contributed by atoms with Crippen molar-refractivity contribution in [1.82, 2.24) is 4.90 Å². The third-order valence-corrected chi connectivity index (χ3v) is 5.32. The molecule has 25 heavy (non-hydrogen) atoms. The highest BCUT2D eigenvalue weighted by molar-refractivity contribution is 8.00. The number of carbonyl (C=O) groups excluding carboxylic acids is 2. The molecule has 8 heteroatoms. The lowest BCUT2D eigenvalue weighted by molar-refractivity contribution is -0.140. The standard InChI is InChI=1S/C17H18ClNO5S/c1-22-17(21)14-10-19(4-7-25-14)15(20)3-2-11-8-12(18)16-13(9-11)23-5-6-24-16/h2-3,8-9,14H,4-7,10H2,1H3/b3-2+/t14-/m0/s1. The Hall–Kier alpha value is -1.86. The molecule has 0 radical (unpaired) electrons. The van der Waals surface area contributed by atoms with Gasteiger partial charge in [-0.3, -0.25) is 9.59 Å². The van der Waals surface area contributed by atoms with Gasteiger partial charge in [0.25, 0.3) is 0 Å². The van der Waals surface area contributed by atoms with E-state index in [1.807, 2.05) is 0 Å². The highest BCUT2D eigenvalue weighted by Crippen LogP contribution is 2.38. The molecule has 2 aliphatic heterocycles. The monoisotopic (exact) mass is 383 g/mol. The van der Waals surface area contributed by atoms with Crippen molar-refractivity contribution in [1.29, 1.82) is 0 Å². The maximum absolute atomic E-state index is 12.4. The van der Waals surface area contributed by atoms with Gasteiger partial charge in [0.05, 0.1) is 12.1 Å². The van der Waals surface area contributed by atoms with Crippen LogP contribution in [0.5, 0.6) is 11.5 Å². The van der Waals surface area contributed by atoms with E-state index in [2.05, 4.69) is 0 Å². The molecule has 1 saturated heterocycles. The smallest absolute Gasteiger partial charge is 0.320 e. The van der Waals surface area contributed by atoms with Crippen LogP contribution in [0, 0.1) is 0 Å². The summed E-state index contributed by atoms with van der Waals surface area (Å²) in [6.07, 6.45) is 3.16. The fourth-order valence-corrected chi connectivity index (χ4v) is 4.03. The molecule has 6 nitrogen and oxygen atoms in total. The zero-order chi connectivity index (χ0) is 17.8. The lowest BCUT2D eigenvalue weighted by Gasteiger charge is -2.30. The molecule has 0 aliphatic carbocycles. The number of ether oxygens (including phenoxy) is 3. The number of hydrogen-bond acceptors (Lipinski definition) is 6. The van der Waals surface area contributed by atoms with E-state index in [1.165, 1.54) is 24.9 Å². The van der Waals surface area contributed by atoms with E-state index in [1.54, 1.807) is 23.1 Å². The highest BCUT2D eigenvalue weighted by Gasteiger charge is 2.28. The van der Waals surface area contributed by atoms with Gasteiger partial charge in [0, 0.05) is 24.9 Å². The highest BCUT2D eigenvalue weighted by atomic mass is 35.5. The van der Waals surface area contributed by atoms with Crippen molar-refractivity contribution in [3.63, 3.8) is 0 Å².